The van der Waals surface area contributed by atoms with Crippen molar-refractivity contribution in [1.82, 2.24) is 10.6 Å². The molecule has 25 heavy (non-hydrogen) atoms. The summed E-state index contributed by atoms with van der Waals surface area (Å²) in [6.07, 6.45) is 3.18. The van der Waals surface area contributed by atoms with Gasteiger partial charge >= 0.3 is 0 Å². The molecule has 7 heteroatoms. The average Bonchev–Trinajstić information content (AvgIpc) is 3.26. The van der Waals surface area contributed by atoms with E-state index < -0.39 is 0 Å². The van der Waals surface area contributed by atoms with Gasteiger partial charge in [-0.15, -0.1) is 11.3 Å². The van der Waals surface area contributed by atoms with E-state index >= 15 is 0 Å². The topological polar surface area (TPSA) is 67.1 Å². The Balaban J connectivity index is 1.33. The van der Waals surface area contributed by atoms with Crippen molar-refractivity contribution in [2.75, 3.05) is 39.3 Å². The molecule has 0 radical (unpaired) electrons. The molecule has 1 aromatic heterocycles. The first-order chi connectivity index (χ1) is 12.1. The van der Waals surface area contributed by atoms with Crippen LogP contribution < -0.4 is 20.4 Å². The van der Waals surface area contributed by atoms with Gasteiger partial charge in [-0.1, -0.05) is 6.07 Å². The monoisotopic (exact) mass is 366 g/mol. The number of quaternary nitrogens is 2. The Morgan fingerprint density at radius 2 is 2.04 bits per heavy atom. The van der Waals surface area contributed by atoms with Gasteiger partial charge in [-0.05, 0) is 37.6 Å². The molecule has 0 aromatic carbocycles. The van der Waals surface area contributed by atoms with Crippen LogP contribution >= 0.6 is 11.3 Å². The fraction of sp³-hybridized carbons (Fsp3) is 0.667. The van der Waals surface area contributed by atoms with Gasteiger partial charge in [-0.2, -0.15) is 0 Å². The fourth-order valence-electron chi connectivity index (χ4n) is 3.37. The zero-order valence-corrected chi connectivity index (χ0v) is 15.8. The van der Waals surface area contributed by atoms with Crippen molar-refractivity contribution < 1.29 is 19.4 Å². The summed E-state index contributed by atoms with van der Waals surface area (Å²) in [6, 6.07) is 4.57. The van der Waals surface area contributed by atoms with Crippen LogP contribution in [0.5, 0.6) is 0 Å². The van der Waals surface area contributed by atoms with E-state index in [1.165, 1.54) is 14.7 Å². The maximum atomic E-state index is 12.4. The van der Waals surface area contributed by atoms with Crippen LogP contribution in [0.4, 0.5) is 0 Å². The van der Waals surface area contributed by atoms with Gasteiger partial charge in [0.1, 0.15) is 26.2 Å². The summed E-state index contributed by atoms with van der Waals surface area (Å²) in [4.78, 5) is 28.2. The number of carbonyl (C=O) groups is 2. The summed E-state index contributed by atoms with van der Waals surface area (Å²) in [6.45, 7) is 7.11. The molecule has 2 fully saturated rings. The molecule has 0 spiro atoms. The predicted molar refractivity (Wildman–Crippen MR) is 97.9 cm³/mol. The van der Waals surface area contributed by atoms with Gasteiger partial charge in [0.05, 0.1) is 0 Å². The summed E-state index contributed by atoms with van der Waals surface area (Å²) >= 11 is 1.73. The maximum absolute atomic E-state index is 12.4. The minimum Gasteiger partial charge on any atom is -0.351 e. The highest BCUT2D eigenvalue weighted by Crippen LogP contribution is 2.17. The van der Waals surface area contributed by atoms with Gasteiger partial charge in [0.2, 0.25) is 0 Å². The van der Waals surface area contributed by atoms with Crippen LogP contribution in [0.15, 0.2) is 17.5 Å². The van der Waals surface area contributed by atoms with Gasteiger partial charge in [0.15, 0.2) is 12.6 Å². The van der Waals surface area contributed by atoms with Crippen molar-refractivity contribution in [2.24, 2.45) is 0 Å². The Bertz CT molecular complexity index is 566. The lowest BCUT2D eigenvalue weighted by Crippen LogP contribution is -3.30. The van der Waals surface area contributed by atoms with Crippen molar-refractivity contribution in [3.05, 3.63) is 22.4 Å². The number of rotatable bonds is 8. The molecule has 1 atom stereocenters. The second-order valence-electron chi connectivity index (χ2n) is 7.27. The Morgan fingerprint density at radius 1 is 1.28 bits per heavy atom. The van der Waals surface area contributed by atoms with Crippen LogP contribution in [-0.4, -0.2) is 63.2 Å². The molecule has 2 amide bonds. The third-order valence-corrected chi connectivity index (χ3v) is 6.14. The molecule has 1 aromatic rings. The van der Waals surface area contributed by atoms with Crippen LogP contribution in [0, 0.1) is 0 Å². The predicted octanol–water partition coefficient (Wildman–Crippen LogP) is -2.14. The molecular weight excluding hydrogens is 336 g/mol. The molecule has 1 aliphatic heterocycles. The van der Waals surface area contributed by atoms with Crippen LogP contribution in [0.1, 0.15) is 24.6 Å². The number of thiophene rings is 1. The molecule has 0 bridgehead atoms. The number of nitrogens with one attached hydrogen (secondary N) is 4. The summed E-state index contributed by atoms with van der Waals surface area (Å²) in [5.41, 5.74) is 0. The largest absolute Gasteiger partial charge is 0.351 e. The van der Waals surface area contributed by atoms with Gasteiger partial charge in [0, 0.05) is 17.5 Å². The molecular formula is C18H30N4O2S+2. The van der Waals surface area contributed by atoms with E-state index in [0.717, 1.165) is 45.4 Å². The second kappa shape index (κ2) is 8.78. The van der Waals surface area contributed by atoms with Crippen molar-refractivity contribution in [1.29, 1.82) is 0 Å². The highest BCUT2D eigenvalue weighted by Gasteiger charge is 2.32. The zero-order valence-electron chi connectivity index (χ0n) is 15.0. The fourth-order valence-corrected chi connectivity index (χ4v) is 4.08. The van der Waals surface area contributed by atoms with Gasteiger partial charge in [-0.25, -0.2) is 0 Å². The SMILES string of the molecule is C[C@H](C(=O)NCCc1cccs1)[NH+]1CC[NH+](CC(=O)NC2CC2)CC1. The lowest BCUT2D eigenvalue weighted by molar-refractivity contribution is -1.01. The molecule has 1 saturated heterocycles. The second-order valence-corrected chi connectivity index (χ2v) is 8.30. The first-order valence-electron chi connectivity index (χ1n) is 9.39. The van der Waals surface area contributed by atoms with Crippen LogP contribution in [-0.2, 0) is 16.0 Å². The van der Waals surface area contributed by atoms with Crippen LogP contribution in [0.2, 0.25) is 0 Å². The number of amides is 2. The normalized spacial score (nSPS) is 24.5. The minimum atomic E-state index is -0.0230. The van der Waals surface area contributed by atoms with Crippen molar-refractivity contribution >= 4 is 23.2 Å². The van der Waals surface area contributed by atoms with Crippen molar-refractivity contribution in [3.8, 4) is 0 Å². The molecule has 138 valence electrons. The molecule has 1 saturated carbocycles. The third-order valence-electron chi connectivity index (χ3n) is 5.21. The van der Waals surface area contributed by atoms with Gasteiger partial charge < -0.3 is 20.4 Å². The van der Waals surface area contributed by atoms with E-state index in [-0.39, 0.29) is 17.9 Å². The first-order valence-corrected chi connectivity index (χ1v) is 10.3. The minimum absolute atomic E-state index is 0.0230. The zero-order chi connectivity index (χ0) is 17.6. The average molecular weight is 367 g/mol. The maximum Gasteiger partial charge on any atom is 0.278 e. The molecule has 1 aliphatic carbocycles. The van der Waals surface area contributed by atoms with E-state index in [1.54, 1.807) is 11.3 Å². The smallest absolute Gasteiger partial charge is 0.278 e. The molecule has 3 rings (SSSR count). The molecule has 4 N–H and O–H groups in total. The van der Waals surface area contributed by atoms with E-state index in [1.807, 2.05) is 13.0 Å². The van der Waals surface area contributed by atoms with Gasteiger partial charge in [0.25, 0.3) is 11.8 Å². The standard InChI is InChI=1S/C18H28N4O2S/c1-14(18(24)19-7-6-16-3-2-12-25-16)22-10-8-21(9-11-22)13-17(23)20-15-4-5-15/h2-3,12,14-15H,4-11,13H2,1H3,(H,19,24)(H,20,23)/p+2/t14-/m1/s1. The molecule has 2 heterocycles. The highest BCUT2D eigenvalue weighted by atomic mass is 32.1. The number of piperazine rings is 1. The molecule has 0 unspecified atom stereocenters. The highest BCUT2D eigenvalue weighted by molar-refractivity contribution is 7.09. The van der Waals surface area contributed by atoms with Gasteiger partial charge in [-0.3, -0.25) is 9.59 Å². The third kappa shape index (κ3) is 5.80. The molecule has 2 aliphatic rings. The summed E-state index contributed by atoms with van der Waals surface area (Å²) in [5.74, 6) is 0.321. The van der Waals surface area contributed by atoms with Crippen molar-refractivity contribution in [2.45, 2.75) is 38.3 Å². The summed E-state index contributed by atoms with van der Waals surface area (Å²) in [5, 5.41) is 8.19. The first kappa shape index (κ1) is 18.4. The van der Waals surface area contributed by atoms with E-state index in [9.17, 15) is 9.59 Å². The van der Waals surface area contributed by atoms with Crippen LogP contribution in [0.3, 0.4) is 0 Å². The summed E-state index contributed by atoms with van der Waals surface area (Å²) in [7, 11) is 0. The number of carbonyl (C=O) groups excluding carboxylic acids is 2. The van der Waals surface area contributed by atoms with Crippen LogP contribution in [0.25, 0.3) is 0 Å². The number of hydrogen-bond acceptors (Lipinski definition) is 3. The Kier molecular flexibility index (Phi) is 6.45. The Labute approximate surface area is 153 Å². The number of hydrogen-bond donors (Lipinski definition) is 4. The van der Waals surface area contributed by atoms with Crippen molar-refractivity contribution in [3.63, 3.8) is 0 Å². The lowest BCUT2D eigenvalue weighted by Gasteiger charge is -2.32. The van der Waals surface area contributed by atoms with E-state index in [2.05, 4.69) is 22.1 Å². The van der Waals surface area contributed by atoms with E-state index in [4.69, 9.17) is 0 Å². The summed E-state index contributed by atoms with van der Waals surface area (Å²) < 4.78 is 0. The Hall–Kier alpha value is -1.44. The Morgan fingerprint density at radius 3 is 2.68 bits per heavy atom. The lowest BCUT2D eigenvalue weighted by atomic mass is 10.2. The van der Waals surface area contributed by atoms with E-state index in [0.29, 0.717) is 19.1 Å². The quantitative estimate of drug-likeness (QED) is 0.424. The molecule has 6 nitrogen and oxygen atoms in total.